The fourth-order valence-electron chi connectivity index (χ4n) is 3.48. The Hall–Kier alpha value is -2.37. The van der Waals surface area contributed by atoms with Crippen molar-refractivity contribution in [1.82, 2.24) is 15.0 Å². The summed E-state index contributed by atoms with van der Waals surface area (Å²) in [6.45, 7) is 3.25. The largest absolute Gasteiger partial charge is 0.339 e. The van der Waals surface area contributed by atoms with Gasteiger partial charge in [-0.3, -0.25) is 4.79 Å². The topological polar surface area (TPSA) is 59.2 Å². The van der Waals surface area contributed by atoms with Gasteiger partial charge in [-0.05, 0) is 44.0 Å². The fraction of sp³-hybridized carbons (Fsp3) is 0.286. The van der Waals surface area contributed by atoms with Crippen LogP contribution < -0.4 is 0 Å². The van der Waals surface area contributed by atoms with Crippen LogP contribution in [0.4, 0.5) is 0 Å². The first-order valence-electron chi connectivity index (χ1n) is 9.16. The number of hydrogen-bond donors (Lipinski definition) is 0. The van der Waals surface area contributed by atoms with E-state index in [1.807, 2.05) is 36.1 Å². The second-order valence-electron chi connectivity index (χ2n) is 7.04. The molecule has 1 saturated heterocycles. The van der Waals surface area contributed by atoms with E-state index in [0.29, 0.717) is 40.4 Å². The maximum atomic E-state index is 12.9. The second-order valence-corrected chi connectivity index (χ2v) is 7.86. The molecule has 0 N–H and O–H groups in total. The number of carbonyl (C=O) groups is 1. The van der Waals surface area contributed by atoms with E-state index in [-0.39, 0.29) is 11.8 Å². The summed E-state index contributed by atoms with van der Waals surface area (Å²) in [5.41, 5.74) is 2.59. The number of hydrogen-bond acceptors (Lipinski definition) is 4. The van der Waals surface area contributed by atoms with Crippen LogP contribution in [-0.4, -0.2) is 34.0 Å². The highest BCUT2D eigenvalue weighted by Crippen LogP contribution is 2.29. The number of carbonyl (C=O) groups excluding carboxylic acids is 1. The van der Waals surface area contributed by atoms with Crippen LogP contribution in [0.5, 0.6) is 0 Å². The fourth-order valence-corrected chi connectivity index (χ4v) is 3.78. The number of halogens is 2. The third-order valence-electron chi connectivity index (χ3n) is 4.94. The van der Waals surface area contributed by atoms with Crippen molar-refractivity contribution in [2.75, 3.05) is 13.1 Å². The molecule has 0 saturated carbocycles. The first-order chi connectivity index (χ1) is 13.5. The van der Waals surface area contributed by atoms with E-state index in [4.69, 9.17) is 27.7 Å². The van der Waals surface area contributed by atoms with Gasteiger partial charge < -0.3 is 9.42 Å². The summed E-state index contributed by atoms with van der Waals surface area (Å²) in [6.07, 6.45) is 1.78. The van der Waals surface area contributed by atoms with Crippen LogP contribution in [0.15, 0.2) is 47.0 Å². The maximum absolute atomic E-state index is 12.9. The molecule has 1 fully saturated rings. The monoisotopic (exact) mass is 415 g/mol. The molecule has 144 valence electrons. The van der Waals surface area contributed by atoms with Crippen molar-refractivity contribution in [1.29, 1.82) is 0 Å². The van der Waals surface area contributed by atoms with E-state index in [0.717, 1.165) is 24.0 Å². The number of nitrogens with zero attached hydrogens (tertiary/aromatic N) is 3. The van der Waals surface area contributed by atoms with Crippen LogP contribution >= 0.6 is 23.2 Å². The molecule has 28 heavy (non-hydrogen) atoms. The Morgan fingerprint density at radius 1 is 1.18 bits per heavy atom. The summed E-state index contributed by atoms with van der Waals surface area (Å²) in [7, 11) is 0. The van der Waals surface area contributed by atoms with Crippen LogP contribution in [0.25, 0.3) is 11.4 Å². The van der Waals surface area contributed by atoms with E-state index in [1.54, 1.807) is 18.2 Å². The molecule has 5 nitrogen and oxygen atoms in total. The Morgan fingerprint density at radius 2 is 2.04 bits per heavy atom. The van der Waals surface area contributed by atoms with E-state index >= 15 is 0 Å². The average Bonchev–Trinajstić information content (AvgIpc) is 3.20. The molecule has 2 heterocycles. The van der Waals surface area contributed by atoms with Gasteiger partial charge in [-0.25, -0.2) is 0 Å². The average molecular weight is 416 g/mol. The van der Waals surface area contributed by atoms with Crippen molar-refractivity contribution >= 4 is 29.1 Å². The number of aromatic nitrogens is 2. The molecule has 0 aliphatic carbocycles. The lowest BCUT2D eigenvalue weighted by molar-refractivity contribution is 0.0695. The minimum absolute atomic E-state index is 0.0199. The lowest BCUT2D eigenvalue weighted by Gasteiger charge is -2.31. The van der Waals surface area contributed by atoms with E-state index in [1.165, 1.54) is 0 Å². The van der Waals surface area contributed by atoms with Crippen molar-refractivity contribution in [2.24, 2.45) is 0 Å². The number of aryl methyl sites for hydroxylation is 1. The Morgan fingerprint density at radius 3 is 2.82 bits per heavy atom. The zero-order chi connectivity index (χ0) is 19.7. The highest BCUT2D eigenvalue weighted by atomic mass is 35.5. The molecule has 1 atom stereocenters. The normalized spacial score (nSPS) is 17.0. The minimum Gasteiger partial charge on any atom is -0.339 e. The summed E-state index contributed by atoms with van der Waals surface area (Å²) in [4.78, 5) is 19.3. The predicted molar refractivity (Wildman–Crippen MR) is 109 cm³/mol. The molecule has 7 heteroatoms. The standard InChI is InChI=1S/C21H19Cl2N3O2/c1-13-4-2-5-14(10-13)19-24-20(28-25-19)16-6-3-9-26(12-16)21(27)15-7-8-17(22)18(23)11-15/h2,4-5,7-8,10-11,16H,3,6,9,12H2,1H3. The molecule has 3 aromatic rings. The Bertz CT molecular complexity index is 1020. The lowest BCUT2D eigenvalue weighted by atomic mass is 9.97. The predicted octanol–water partition coefficient (Wildman–Crippen LogP) is 5.37. The van der Waals surface area contributed by atoms with E-state index in [2.05, 4.69) is 10.1 Å². The van der Waals surface area contributed by atoms with Gasteiger partial charge in [-0.1, -0.05) is 52.1 Å². The Kier molecular flexibility index (Phi) is 5.38. The number of piperidine rings is 1. The van der Waals surface area contributed by atoms with Crippen LogP contribution in [0.1, 0.15) is 40.6 Å². The zero-order valence-corrected chi connectivity index (χ0v) is 16.9. The lowest BCUT2D eigenvalue weighted by Crippen LogP contribution is -2.39. The molecular weight excluding hydrogens is 397 g/mol. The van der Waals surface area contributed by atoms with Gasteiger partial charge >= 0.3 is 0 Å². The maximum Gasteiger partial charge on any atom is 0.253 e. The number of rotatable bonds is 3. The highest BCUT2D eigenvalue weighted by molar-refractivity contribution is 6.42. The SMILES string of the molecule is Cc1cccc(-c2noc(C3CCCN(C(=O)c4ccc(Cl)c(Cl)c4)C3)n2)c1. The van der Waals surface area contributed by atoms with Crippen molar-refractivity contribution in [3.05, 3.63) is 69.5 Å². The molecule has 1 unspecified atom stereocenters. The summed E-state index contributed by atoms with van der Waals surface area (Å²) >= 11 is 12.0. The van der Waals surface area contributed by atoms with Crippen LogP contribution in [0.3, 0.4) is 0 Å². The van der Waals surface area contributed by atoms with Crippen LogP contribution in [0, 0.1) is 6.92 Å². The Labute approximate surface area is 173 Å². The van der Waals surface area contributed by atoms with Crippen molar-refractivity contribution in [3.8, 4) is 11.4 Å². The van der Waals surface area contributed by atoms with Gasteiger partial charge in [0, 0.05) is 24.2 Å². The quantitative estimate of drug-likeness (QED) is 0.576. The highest BCUT2D eigenvalue weighted by Gasteiger charge is 2.29. The van der Waals surface area contributed by atoms with E-state index in [9.17, 15) is 4.79 Å². The van der Waals surface area contributed by atoms with Gasteiger partial charge in [0.25, 0.3) is 5.91 Å². The molecule has 2 aromatic carbocycles. The van der Waals surface area contributed by atoms with Gasteiger partial charge in [0.15, 0.2) is 0 Å². The van der Waals surface area contributed by atoms with Gasteiger partial charge in [-0.15, -0.1) is 0 Å². The summed E-state index contributed by atoms with van der Waals surface area (Å²) in [5, 5.41) is 4.94. The van der Waals surface area contributed by atoms with Crippen molar-refractivity contribution < 1.29 is 9.32 Å². The van der Waals surface area contributed by atoms with Crippen LogP contribution in [0.2, 0.25) is 10.0 Å². The summed E-state index contributed by atoms with van der Waals surface area (Å²) in [6, 6.07) is 12.9. The minimum atomic E-state index is -0.0679. The molecule has 0 radical (unpaired) electrons. The number of benzene rings is 2. The molecule has 4 rings (SSSR count). The van der Waals surface area contributed by atoms with Crippen molar-refractivity contribution in [3.63, 3.8) is 0 Å². The Balaban J connectivity index is 1.51. The molecule has 1 aromatic heterocycles. The number of amides is 1. The van der Waals surface area contributed by atoms with Gasteiger partial charge in [-0.2, -0.15) is 4.98 Å². The first-order valence-corrected chi connectivity index (χ1v) is 9.92. The molecule has 1 amide bonds. The van der Waals surface area contributed by atoms with Gasteiger partial charge in [0.1, 0.15) is 0 Å². The summed E-state index contributed by atoms with van der Waals surface area (Å²) < 4.78 is 5.53. The van der Waals surface area contributed by atoms with E-state index < -0.39 is 0 Å². The van der Waals surface area contributed by atoms with Gasteiger partial charge in [0.2, 0.25) is 11.7 Å². The molecule has 1 aliphatic rings. The molecule has 0 spiro atoms. The van der Waals surface area contributed by atoms with Crippen molar-refractivity contribution in [2.45, 2.75) is 25.7 Å². The third kappa shape index (κ3) is 3.91. The smallest absolute Gasteiger partial charge is 0.253 e. The zero-order valence-electron chi connectivity index (χ0n) is 15.4. The first kappa shape index (κ1) is 19.0. The summed E-state index contributed by atoms with van der Waals surface area (Å²) in [5.74, 6) is 1.10. The molecule has 0 bridgehead atoms. The molecular formula is C21H19Cl2N3O2. The molecule has 1 aliphatic heterocycles. The third-order valence-corrected chi connectivity index (χ3v) is 5.68. The second kappa shape index (κ2) is 7.94. The number of likely N-dealkylation sites (tertiary alicyclic amines) is 1. The van der Waals surface area contributed by atoms with Crippen LogP contribution in [-0.2, 0) is 0 Å². The van der Waals surface area contributed by atoms with Gasteiger partial charge in [0.05, 0.1) is 16.0 Å².